The van der Waals surface area contributed by atoms with Gasteiger partial charge in [-0.2, -0.15) is 13.2 Å². The molecule has 0 N–H and O–H groups in total. The van der Waals surface area contributed by atoms with E-state index >= 15 is 0 Å². The van der Waals surface area contributed by atoms with Gasteiger partial charge < -0.3 is 14.2 Å². The SMILES string of the molecule is O=C(C=Cc1cccc(C(F)(F)F)c1)N1CCN(C(=O)c2ccco2)CC1. The smallest absolute Gasteiger partial charge is 0.416 e. The standard InChI is InChI=1S/C19H17F3N2O3/c20-19(21,22)15-4-1-3-14(13-15)6-7-17(25)23-8-10-24(11-9-23)18(26)16-5-2-12-27-16/h1-7,12-13H,8-11H2. The molecule has 0 bridgehead atoms. The van der Waals surface area contributed by atoms with Gasteiger partial charge in [0.15, 0.2) is 5.76 Å². The normalized spacial score (nSPS) is 15.4. The van der Waals surface area contributed by atoms with Gasteiger partial charge in [-0.3, -0.25) is 9.59 Å². The molecule has 0 atom stereocenters. The average Bonchev–Trinajstić information content (AvgIpc) is 3.20. The highest BCUT2D eigenvalue weighted by Gasteiger charge is 2.30. The molecule has 142 valence electrons. The summed E-state index contributed by atoms with van der Waals surface area (Å²) in [4.78, 5) is 27.6. The number of alkyl halides is 3. The fourth-order valence-electron chi connectivity index (χ4n) is 2.78. The first-order valence-corrected chi connectivity index (χ1v) is 8.31. The fourth-order valence-corrected chi connectivity index (χ4v) is 2.78. The zero-order valence-corrected chi connectivity index (χ0v) is 14.3. The maximum absolute atomic E-state index is 12.7. The maximum atomic E-state index is 12.7. The van der Waals surface area contributed by atoms with Crippen molar-refractivity contribution in [1.29, 1.82) is 0 Å². The van der Waals surface area contributed by atoms with Crippen molar-refractivity contribution < 1.29 is 27.2 Å². The second kappa shape index (κ2) is 7.69. The molecule has 0 unspecified atom stereocenters. The summed E-state index contributed by atoms with van der Waals surface area (Å²) in [5.41, 5.74) is -0.466. The highest BCUT2D eigenvalue weighted by molar-refractivity contribution is 5.93. The lowest BCUT2D eigenvalue weighted by molar-refractivity contribution is -0.137. The van der Waals surface area contributed by atoms with Crippen LogP contribution in [0.2, 0.25) is 0 Å². The van der Waals surface area contributed by atoms with Crippen LogP contribution in [0, 0.1) is 0 Å². The van der Waals surface area contributed by atoms with Gasteiger partial charge >= 0.3 is 6.18 Å². The first-order valence-electron chi connectivity index (χ1n) is 8.31. The van der Waals surface area contributed by atoms with Crippen LogP contribution in [-0.2, 0) is 11.0 Å². The Bertz CT molecular complexity index is 836. The third kappa shape index (κ3) is 4.58. The minimum atomic E-state index is -4.43. The van der Waals surface area contributed by atoms with Crippen LogP contribution in [0.15, 0.2) is 53.2 Å². The molecule has 1 aromatic carbocycles. The number of carbonyl (C=O) groups excluding carboxylic acids is 2. The Hall–Kier alpha value is -3.03. The van der Waals surface area contributed by atoms with Gasteiger partial charge in [0.2, 0.25) is 5.91 Å². The van der Waals surface area contributed by atoms with E-state index in [9.17, 15) is 22.8 Å². The number of amides is 2. The molecule has 0 saturated carbocycles. The lowest BCUT2D eigenvalue weighted by Gasteiger charge is -2.33. The van der Waals surface area contributed by atoms with E-state index < -0.39 is 11.7 Å². The Balaban J connectivity index is 1.57. The summed E-state index contributed by atoms with van der Waals surface area (Å²) < 4.78 is 43.3. The molecule has 0 radical (unpaired) electrons. The van der Waals surface area contributed by atoms with E-state index in [2.05, 4.69) is 0 Å². The number of piperazine rings is 1. The van der Waals surface area contributed by atoms with Crippen molar-refractivity contribution in [2.24, 2.45) is 0 Å². The zero-order valence-electron chi connectivity index (χ0n) is 14.3. The first kappa shape index (κ1) is 18.8. The second-order valence-electron chi connectivity index (χ2n) is 6.05. The van der Waals surface area contributed by atoms with Crippen LogP contribution in [0.4, 0.5) is 13.2 Å². The highest BCUT2D eigenvalue weighted by atomic mass is 19.4. The van der Waals surface area contributed by atoms with Gasteiger partial charge in [-0.1, -0.05) is 12.1 Å². The summed E-state index contributed by atoms with van der Waals surface area (Å²) >= 11 is 0. The Kier molecular flexibility index (Phi) is 5.34. The van der Waals surface area contributed by atoms with Gasteiger partial charge in [0, 0.05) is 32.3 Å². The lowest BCUT2D eigenvalue weighted by Crippen LogP contribution is -2.50. The van der Waals surface area contributed by atoms with Gasteiger partial charge in [-0.05, 0) is 35.9 Å². The summed E-state index contributed by atoms with van der Waals surface area (Å²) in [7, 11) is 0. The fraction of sp³-hybridized carbons (Fsp3) is 0.263. The van der Waals surface area contributed by atoms with E-state index in [1.54, 1.807) is 21.9 Å². The average molecular weight is 378 g/mol. The molecule has 0 spiro atoms. The van der Waals surface area contributed by atoms with Crippen molar-refractivity contribution in [1.82, 2.24) is 9.80 Å². The van der Waals surface area contributed by atoms with Gasteiger partial charge in [-0.15, -0.1) is 0 Å². The van der Waals surface area contributed by atoms with Gasteiger partial charge in [-0.25, -0.2) is 0 Å². The van der Waals surface area contributed by atoms with E-state index in [4.69, 9.17) is 4.42 Å². The molecular formula is C19H17F3N2O3. The van der Waals surface area contributed by atoms with Crippen LogP contribution < -0.4 is 0 Å². The lowest BCUT2D eigenvalue weighted by atomic mass is 10.1. The van der Waals surface area contributed by atoms with Gasteiger partial charge in [0.25, 0.3) is 5.91 Å². The topological polar surface area (TPSA) is 53.8 Å². The number of hydrogen-bond donors (Lipinski definition) is 0. The predicted molar refractivity (Wildman–Crippen MR) is 91.7 cm³/mol. The number of hydrogen-bond acceptors (Lipinski definition) is 3. The van der Waals surface area contributed by atoms with Gasteiger partial charge in [0.1, 0.15) is 0 Å². The molecule has 1 aromatic heterocycles. The van der Waals surface area contributed by atoms with Crippen molar-refractivity contribution in [2.75, 3.05) is 26.2 Å². The molecule has 1 aliphatic heterocycles. The summed E-state index contributed by atoms with van der Waals surface area (Å²) in [6.07, 6.45) is -0.395. The van der Waals surface area contributed by atoms with Crippen molar-refractivity contribution in [3.05, 3.63) is 65.6 Å². The number of halogens is 3. The zero-order chi connectivity index (χ0) is 19.4. The molecule has 1 saturated heterocycles. The number of nitrogens with zero attached hydrogens (tertiary/aromatic N) is 2. The van der Waals surface area contributed by atoms with Crippen LogP contribution >= 0.6 is 0 Å². The Morgan fingerprint density at radius 3 is 2.33 bits per heavy atom. The van der Waals surface area contributed by atoms with Gasteiger partial charge in [0.05, 0.1) is 11.8 Å². The minimum absolute atomic E-state index is 0.230. The monoisotopic (exact) mass is 378 g/mol. The minimum Gasteiger partial charge on any atom is -0.459 e. The van der Waals surface area contributed by atoms with Crippen molar-refractivity contribution in [3.63, 3.8) is 0 Å². The van der Waals surface area contributed by atoms with Crippen molar-refractivity contribution in [2.45, 2.75) is 6.18 Å². The van der Waals surface area contributed by atoms with Crippen molar-refractivity contribution in [3.8, 4) is 0 Å². The second-order valence-corrected chi connectivity index (χ2v) is 6.05. The summed E-state index contributed by atoms with van der Waals surface area (Å²) in [6.45, 7) is 1.42. The molecule has 8 heteroatoms. The number of furan rings is 1. The number of rotatable bonds is 3. The maximum Gasteiger partial charge on any atom is 0.416 e. The van der Waals surface area contributed by atoms with E-state index in [1.807, 2.05) is 0 Å². The van der Waals surface area contributed by atoms with Crippen LogP contribution in [-0.4, -0.2) is 47.8 Å². The molecule has 1 fully saturated rings. The molecule has 1 aliphatic rings. The summed E-state index contributed by atoms with van der Waals surface area (Å²) in [5, 5.41) is 0. The quantitative estimate of drug-likeness (QED) is 0.770. The van der Waals surface area contributed by atoms with E-state index in [1.165, 1.54) is 30.5 Å². The molecule has 27 heavy (non-hydrogen) atoms. The third-order valence-electron chi connectivity index (χ3n) is 4.24. The molecule has 2 amide bonds. The Morgan fingerprint density at radius 2 is 1.70 bits per heavy atom. The largest absolute Gasteiger partial charge is 0.459 e. The predicted octanol–water partition coefficient (Wildman–Crippen LogP) is 3.30. The van der Waals surface area contributed by atoms with Crippen LogP contribution in [0.1, 0.15) is 21.7 Å². The number of benzene rings is 1. The molecule has 2 heterocycles. The molecule has 3 rings (SSSR count). The summed E-state index contributed by atoms with van der Waals surface area (Å²) in [6, 6.07) is 7.98. The van der Waals surface area contributed by atoms with Crippen molar-refractivity contribution >= 4 is 17.9 Å². The number of carbonyl (C=O) groups is 2. The molecule has 5 nitrogen and oxygen atoms in total. The first-order chi connectivity index (χ1) is 12.8. The summed E-state index contributed by atoms with van der Waals surface area (Å²) in [5.74, 6) is -0.289. The Labute approximate surface area is 153 Å². The van der Waals surface area contributed by atoms with Crippen LogP contribution in [0.5, 0.6) is 0 Å². The third-order valence-corrected chi connectivity index (χ3v) is 4.24. The molecular weight excluding hydrogens is 361 g/mol. The van der Waals surface area contributed by atoms with E-state index in [-0.39, 0.29) is 17.6 Å². The molecule has 0 aliphatic carbocycles. The Morgan fingerprint density at radius 1 is 1.00 bits per heavy atom. The van der Waals surface area contributed by atoms with E-state index in [0.29, 0.717) is 31.7 Å². The molecule has 2 aromatic rings. The van der Waals surface area contributed by atoms with E-state index in [0.717, 1.165) is 12.1 Å². The van der Waals surface area contributed by atoms with Crippen LogP contribution in [0.25, 0.3) is 6.08 Å². The van der Waals surface area contributed by atoms with Crippen LogP contribution in [0.3, 0.4) is 0 Å². The highest BCUT2D eigenvalue weighted by Crippen LogP contribution is 2.29.